The third kappa shape index (κ3) is 4.61. The van der Waals surface area contributed by atoms with Gasteiger partial charge in [0.25, 0.3) is 0 Å². The molecular weight excluding hydrogens is 416 g/mol. The Bertz CT molecular complexity index is 1210. The van der Waals surface area contributed by atoms with Crippen molar-refractivity contribution in [2.75, 3.05) is 6.61 Å². The van der Waals surface area contributed by atoms with E-state index in [1.165, 1.54) is 0 Å². The lowest BCUT2D eigenvalue weighted by Crippen LogP contribution is -2.18. The summed E-state index contributed by atoms with van der Waals surface area (Å²) >= 11 is 0. The molecule has 0 amide bonds. The Morgan fingerprint density at radius 3 is 2.45 bits per heavy atom. The molecule has 0 fully saturated rings. The van der Waals surface area contributed by atoms with Crippen LogP contribution in [-0.2, 0) is 0 Å². The molecule has 1 aliphatic heterocycles. The number of nitrogens with zero attached hydrogens (tertiary/aromatic N) is 1. The van der Waals surface area contributed by atoms with Crippen LogP contribution < -0.4 is 15.2 Å². The fourth-order valence-corrected chi connectivity index (χ4v) is 4.08. The van der Waals surface area contributed by atoms with E-state index < -0.39 is 12.3 Å². The first-order valence-electron chi connectivity index (χ1n) is 10.9. The van der Waals surface area contributed by atoms with Crippen LogP contribution in [0.4, 0.5) is 0 Å². The molecule has 0 saturated heterocycles. The Labute approximate surface area is 193 Å². The number of aliphatic hydroxyl groups is 1. The molecule has 0 saturated carbocycles. The summed E-state index contributed by atoms with van der Waals surface area (Å²) in [6.07, 6.45) is -1.23. The first-order chi connectivity index (χ1) is 15.9. The zero-order chi connectivity index (χ0) is 23.5. The van der Waals surface area contributed by atoms with Gasteiger partial charge in [0.05, 0.1) is 23.8 Å². The number of hydrogen-bond acceptors (Lipinski definition) is 6. The van der Waals surface area contributed by atoms with Crippen LogP contribution in [0.1, 0.15) is 76.7 Å². The van der Waals surface area contributed by atoms with Crippen molar-refractivity contribution < 1.29 is 19.4 Å². The van der Waals surface area contributed by atoms with Crippen molar-refractivity contribution in [1.29, 1.82) is 5.26 Å². The maximum atomic E-state index is 12.4. The van der Waals surface area contributed by atoms with Gasteiger partial charge in [-0.1, -0.05) is 50.2 Å². The quantitative estimate of drug-likeness (QED) is 0.533. The molecule has 1 aliphatic rings. The van der Waals surface area contributed by atoms with Crippen LogP contribution in [0.2, 0.25) is 0 Å². The second-order valence-corrected chi connectivity index (χ2v) is 8.38. The van der Waals surface area contributed by atoms with Crippen molar-refractivity contribution in [3.8, 4) is 17.6 Å². The van der Waals surface area contributed by atoms with Crippen molar-refractivity contribution in [1.82, 2.24) is 0 Å². The van der Waals surface area contributed by atoms with E-state index in [2.05, 4.69) is 6.07 Å². The number of nitrogens with two attached hydrogens (primary N) is 1. The number of ether oxygens (including phenoxy) is 2. The minimum absolute atomic E-state index is 0.0571. The third-order valence-corrected chi connectivity index (χ3v) is 5.75. The van der Waals surface area contributed by atoms with Gasteiger partial charge < -0.3 is 20.3 Å². The number of nitriles is 1. The first-order valence-corrected chi connectivity index (χ1v) is 10.9. The smallest absolute Gasteiger partial charge is 0.170 e. The molecule has 6 heteroatoms. The van der Waals surface area contributed by atoms with Gasteiger partial charge in [-0.2, -0.15) is 5.26 Å². The zero-order valence-electron chi connectivity index (χ0n) is 18.6. The van der Waals surface area contributed by atoms with Gasteiger partial charge in [0.1, 0.15) is 23.8 Å². The number of rotatable bonds is 6. The minimum atomic E-state index is -1.07. The van der Waals surface area contributed by atoms with Gasteiger partial charge in [-0.25, -0.2) is 0 Å². The summed E-state index contributed by atoms with van der Waals surface area (Å²) in [7, 11) is 0. The Kier molecular flexibility index (Phi) is 6.45. The fraction of sp³-hybridized carbons (Fsp3) is 0.259. The van der Waals surface area contributed by atoms with E-state index in [-0.39, 0.29) is 11.7 Å². The summed E-state index contributed by atoms with van der Waals surface area (Å²) in [5, 5.41) is 19.1. The van der Waals surface area contributed by atoms with Gasteiger partial charge in [-0.3, -0.25) is 4.79 Å². The lowest BCUT2D eigenvalue weighted by molar-refractivity contribution is 0.0931. The molecule has 1 heterocycles. The summed E-state index contributed by atoms with van der Waals surface area (Å²) in [5.41, 5.74) is 9.77. The number of aliphatic hydroxyl groups excluding tert-OH is 1. The monoisotopic (exact) mass is 442 g/mol. The Balaban J connectivity index is 1.82. The first kappa shape index (κ1) is 22.5. The molecule has 3 N–H and O–H groups in total. The molecule has 1 unspecified atom stereocenters. The van der Waals surface area contributed by atoms with Gasteiger partial charge in [0, 0.05) is 12.0 Å². The van der Waals surface area contributed by atoms with Gasteiger partial charge in [-0.15, -0.1) is 0 Å². The number of carbonyl (C=O) groups is 1. The molecule has 168 valence electrons. The standard InChI is InChI=1S/C27H26N2O4/c1-16(2)24-23(11-10-21-22(30)12-13-32-26(21)24)33-25(20-5-3-4-17(14-20)15-28)18-6-8-19(9-7-18)27(29)31/h3-11,14,16,25,27,31H,12-13,29H2,1-2H3/t25-,27?/m0/s1. The van der Waals surface area contributed by atoms with Crippen LogP contribution in [0.5, 0.6) is 11.5 Å². The van der Waals surface area contributed by atoms with Crippen LogP contribution in [0, 0.1) is 11.3 Å². The molecule has 0 aromatic heterocycles. The molecule has 0 radical (unpaired) electrons. The summed E-state index contributed by atoms with van der Waals surface area (Å²) in [6.45, 7) is 4.42. The molecule has 3 aromatic rings. The molecule has 0 spiro atoms. The molecule has 6 nitrogen and oxygen atoms in total. The lowest BCUT2D eigenvalue weighted by atomic mass is 9.93. The van der Waals surface area contributed by atoms with E-state index in [9.17, 15) is 15.2 Å². The lowest BCUT2D eigenvalue weighted by Gasteiger charge is -2.27. The maximum Gasteiger partial charge on any atom is 0.170 e. The van der Waals surface area contributed by atoms with Crippen molar-refractivity contribution in [3.63, 3.8) is 0 Å². The SMILES string of the molecule is CC(C)c1c(O[C@@H](c2ccc(C(N)O)cc2)c2cccc(C#N)c2)ccc2c1OCCC2=O. The van der Waals surface area contributed by atoms with Crippen LogP contribution in [0.25, 0.3) is 0 Å². The summed E-state index contributed by atoms with van der Waals surface area (Å²) in [6, 6.07) is 20.2. The van der Waals surface area contributed by atoms with Crippen LogP contribution in [0.3, 0.4) is 0 Å². The van der Waals surface area contributed by atoms with Gasteiger partial charge in [-0.05, 0) is 46.9 Å². The molecule has 3 aromatic carbocycles. The topological polar surface area (TPSA) is 106 Å². The minimum Gasteiger partial charge on any atom is -0.492 e. The number of carbonyl (C=O) groups excluding carboxylic acids is 1. The van der Waals surface area contributed by atoms with E-state index in [1.807, 2.05) is 44.2 Å². The highest BCUT2D eigenvalue weighted by atomic mass is 16.5. The van der Waals surface area contributed by atoms with E-state index in [1.54, 1.807) is 30.3 Å². The summed E-state index contributed by atoms with van der Waals surface area (Å²) in [5.74, 6) is 1.33. The van der Waals surface area contributed by atoms with E-state index >= 15 is 0 Å². The van der Waals surface area contributed by atoms with Crippen molar-refractivity contribution in [2.24, 2.45) is 5.73 Å². The highest BCUT2D eigenvalue weighted by Crippen LogP contribution is 2.42. The third-order valence-electron chi connectivity index (χ3n) is 5.75. The average molecular weight is 443 g/mol. The Morgan fingerprint density at radius 2 is 1.79 bits per heavy atom. The number of fused-ring (bicyclic) bond motifs is 1. The van der Waals surface area contributed by atoms with Crippen molar-refractivity contribution in [3.05, 3.63) is 94.0 Å². The molecule has 33 heavy (non-hydrogen) atoms. The van der Waals surface area contributed by atoms with Crippen molar-refractivity contribution in [2.45, 2.75) is 38.5 Å². The van der Waals surface area contributed by atoms with Gasteiger partial charge >= 0.3 is 0 Å². The molecule has 0 aliphatic carbocycles. The fourth-order valence-electron chi connectivity index (χ4n) is 4.08. The number of hydrogen-bond donors (Lipinski definition) is 2. The van der Waals surface area contributed by atoms with Gasteiger partial charge in [0.2, 0.25) is 0 Å². The Hall–Kier alpha value is -3.66. The average Bonchev–Trinajstić information content (AvgIpc) is 2.82. The van der Waals surface area contributed by atoms with Crippen molar-refractivity contribution >= 4 is 5.78 Å². The highest BCUT2D eigenvalue weighted by Gasteiger charge is 2.27. The number of benzene rings is 3. The molecule has 4 rings (SSSR count). The van der Waals surface area contributed by atoms with Gasteiger partial charge in [0.15, 0.2) is 5.78 Å². The van der Waals surface area contributed by atoms with E-state index in [0.717, 1.165) is 16.7 Å². The number of ketones is 1. The van der Waals surface area contributed by atoms with E-state index in [0.29, 0.717) is 41.2 Å². The molecule has 0 bridgehead atoms. The second kappa shape index (κ2) is 9.45. The molecule has 2 atom stereocenters. The summed E-state index contributed by atoms with van der Waals surface area (Å²) in [4.78, 5) is 12.4. The normalized spacial score (nSPS) is 14.7. The zero-order valence-corrected chi connectivity index (χ0v) is 18.6. The molecular formula is C27H26N2O4. The predicted molar refractivity (Wildman–Crippen MR) is 124 cm³/mol. The van der Waals surface area contributed by atoms with Crippen LogP contribution in [0.15, 0.2) is 60.7 Å². The predicted octanol–water partition coefficient (Wildman–Crippen LogP) is 4.76. The highest BCUT2D eigenvalue weighted by molar-refractivity contribution is 6.00. The van der Waals surface area contributed by atoms with Crippen LogP contribution in [-0.4, -0.2) is 17.5 Å². The number of Topliss-reactive ketones (excluding diaryl/α,β-unsaturated/α-hetero) is 1. The Morgan fingerprint density at radius 1 is 1.06 bits per heavy atom. The maximum absolute atomic E-state index is 12.4. The summed E-state index contributed by atoms with van der Waals surface area (Å²) < 4.78 is 12.5. The largest absolute Gasteiger partial charge is 0.492 e. The second-order valence-electron chi connectivity index (χ2n) is 8.38. The van der Waals surface area contributed by atoms with Crippen LogP contribution >= 0.6 is 0 Å². The van der Waals surface area contributed by atoms with E-state index in [4.69, 9.17) is 15.2 Å².